The van der Waals surface area contributed by atoms with Crippen molar-refractivity contribution in [1.82, 2.24) is 4.98 Å². The number of nitrogens with two attached hydrogens (primary N) is 1. The number of benzene rings is 2. The number of allylic oxidation sites excluding steroid dienone is 2. The van der Waals surface area contributed by atoms with Crippen LogP contribution in [0.1, 0.15) is 27.9 Å². The Balaban J connectivity index is 0.000000425. The summed E-state index contributed by atoms with van der Waals surface area (Å²) in [7, 11) is 2.87. The van der Waals surface area contributed by atoms with Crippen LogP contribution in [-0.4, -0.2) is 46.9 Å². The third-order valence-corrected chi connectivity index (χ3v) is 4.63. The number of hydrogen-bond acceptors (Lipinski definition) is 8. The van der Waals surface area contributed by atoms with Crippen LogP contribution in [-0.2, 0) is 9.59 Å². The SMILES string of the molecule is COc1cc(C=CC(=O)CC(=O)C=Cc2ccc(O)c(OC)c2)ccc1O.NC(=O)c1cccnc1. The van der Waals surface area contributed by atoms with Crippen molar-refractivity contribution in [3.63, 3.8) is 0 Å². The molecule has 0 bridgehead atoms. The molecule has 3 aromatic rings. The van der Waals surface area contributed by atoms with E-state index in [1.54, 1.807) is 54.7 Å². The Hall–Kier alpha value is -4.92. The Kier molecular flexibility index (Phi) is 10.4. The Morgan fingerprint density at radius 2 is 1.36 bits per heavy atom. The maximum atomic E-state index is 11.9. The summed E-state index contributed by atoms with van der Waals surface area (Å²) in [4.78, 5) is 37.9. The van der Waals surface area contributed by atoms with Crippen LogP contribution in [0.5, 0.6) is 23.0 Å². The molecule has 1 aromatic heterocycles. The average molecular weight is 491 g/mol. The van der Waals surface area contributed by atoms with Crippen molar-refractivity contribution in [2.75, 3.05) is 14.2 Å². The first-order valence-corrected chi connectivity index (χ1v) is 10.6. The first-order valence-electron chi connectivity index (χ1n) is 10.6. The molecule has 1 amide bonds. The zero-order chi connectivity index (χ0) is 26.5. The fourth-order valence-corrected chi connectivity index (χ4v) is 2.77. The molecule has 0 unspecified atom stereocenters. The third-order valence-electron chi connectivity index (χ3n) is 4.63. The van der Waals surface area contributed by atoms with E-state index in [-0.39, 0.29) is 29.5 Å². The van der Waals surface area contributed by atoms with Gasteiger partial charge in [-0.15, -0.1) is 0 Å². The van der Waals surface area contributed by atoms with Crippen molar-refractivity contribution in [3.8, 4) is 23.0 Å². The number of aromatic hydroxyl groups is 2. The van der Waals surface area contributed by atoms with Gasteiger partial charge in [0.05, 0.1) is 26.2 Å². The van der Waals surface area contributed by atoms with Crippen LogP contribution in [0.3, 0.4) is 0 Å². The van der Waals surface area contributed by atoms with Gasteiger partial charge in [0, 0.05) is 12.4 Å². The Morgan fingerprint density at radius 1 is 0.861 bits per heavy atom. The zero-order valence-corrected chi connectivity index (χ0v) is 19.8. The smallest absolute Gasteiger partial charge is 0.250 e. The van der Waals surface area contributed by atoms with E-state index in [1.165, 1.54) is 44.7 Å². The van der Waals surface area contributed by atoms with Gasteiger partial charge in [-0.25, -0.2) is 0 Å². The highest BCUT2D eigenvalue weighted by Gasteiger charge is 2.06. The number of primary amides is 1. The summed E-state index contributed by atoms with van der Waals surface area (Å²) in [6.07, 6.45) is 8.47. The Bertz CT molecular complexity index is 1190. The lowest BCUT2D eigenvalue weighted by atomic mass is 10.1. The minimum Gasteiger partial charge on any atom is -0.504 e. The van der Waals surface area contributed by atoms with E-state index >= 15 is 0 Å². The molecule has 0 fully saturated rings. The standard InChI is InChI=1S/C21H20O6.C6H6N2O/c1-26-20-11-14(5-9-18(20)24)3-7-16(22)13-17(23)8-4-15-6-10-19(25)21(12-15)27-2;7-6(9)5-2-1-3-8-4-5/h3-12,24-25H,13H2,1-2H3;1-4H,(H2,7,9). The maximum absolute atomic E-state index is 11.9. The molecule has 0 spiro atoms. The number of phenolic OH excluding ortho intramolecular Hbond substituents is 2. The molecule has 186 valence electrons. The number of carbonyl (C=O) groups is 3. The number of ketones is 2. The Labute approximate surface area is 208 Å². The van der Waals surface area contributed by atoms with E-state index in [1.807, 2.05) is 0 Å². The molecule has 0 aliphatic rings. The fourth-order valence-electron chi connectivity index (χ4n) is 2.77. The van der Waals surface area contributed by atoms with Crippen molar-refractivity contribution < 1.29 is 34.1 Å². The number of aromatic nitrogens is 1. The number of rotatable bonds is 9. The summed E-state index contributed by atoms with van der Waals surface area (Å²) in [6, 6.07) is 12.6. The van der Waals surface area contributed by atoms with Crippen LogP contribution in [0.25, 0.3) is 12.2 Å². The summed E-state index contributed by atoms with van der Waals surface area (Å²) >= 11 is 0. The molecule has 2 aromatic carbocycles. The summed E-state index contributed by atoms with van der Waals surface area (Å²) in [5, 5.41) is 19.1. The van der Waals surface area contributed by atoms with Gasteiger partial charge in [-0.1, -0.05) is 24.3 Å². The predicted molar refractivity (Wildman–Crippen MR) is 135 cm³/mol. The number of hydrogen-bond donors (Lipinski definition) is 3. The van der Waals surface area contributed by atoms with Crippen LogP contribution in [0.2, 0.25) is 0 Å². The highest BCUT2D eigenvalue weighted by molar-refractivity contribution is 6.10. The largest absolute Gasteiger partial charge is 0.504 e. The quantitative estimate of drug-likeness (QED) is 0.305. The second kappa shape index (κ2) is 13.7. The fraction of sp³-hybridized carbons (Fsp3) is 0.111. The lowest BCUT2D eigenvalue weighted by Gasteiger charge is -2.03. The van der Waals surface area contributed by atoms with Gasteiger partial charge in [-0.05, 0) is 59.7 Å². The summed E-state index contributed by atoms with van der Waals surface area (Å²) < 4.78 is 10.00. The number of phenols is 2. The van der Waals surface area contributed by atoms with Crippen molar-refractivity contribution in [1.29, 1.82) is 0 Å². The van der Waals surface area contributed by atoms with Gasteiger partial charge in [-0.2, -0.15) is 0 Å². The van der Waals surface area contributed by atoms with Crippen LogP contribution < -0.4 is 15.2 Å². The van der Waals surface area contributed by atoms with Crippen LogP contribution in [0.15, 0.2) is 73.1 Å². The lowest BCUT2D eigenvalue weighted by Crippen LogP contribution is -2.10. The normalized spacial score (nSPS) is 10.5. The van der Waals surface area contributed by atoms with Gasteiger partial charge in [-0.3, -0.25) is 19.4 Å². The number of pyridine rings is 1. The number of carbonyl (C=O) groups excluding carboxylic acids is 3. The van der Waals surface area contributed by atoms with Crippen LogP contribution in [0, 0.1) is 0 Å². The van der Waals surface area contributed by atoms with Crippen molar-refractivity contribution in [3.05, 3.63) is 89.8 Å². The van der Waals surface area contributed by atoms with Crippen molar-refractivity contribution in [2.24, 2.45) is 5.73 Å². The van der Waals surface area contributed by atoms with Crippen molar-refractivity contribution >= 4 is 29.6 Å². The van der Waals surface area contributed by atoms with E-state index in [0.717, 1.165) is 0 Å². The summed E-state index contributed by atoms with van der Waals surface area (Å²) in [6.45, 7) is 0. The van der Waals surface area contributed by atoms with E-state index in [0.29, 0.717) is 28.2 Å². The summed E-state index contributed by atoms with van der Waals surface area (Å²) in [5.74, 6) is -0.525. The van der Waals surface area contributed by atoms with Crippen molar-refractivity contribution in [2.45, 2.75) is 6.42 Å². The molecule has 9 nitrogen and oxygen atoms in total. The van der Waals surface area contributed by atoms with Crippen LogP contribution >= 0.6 is 0 Å². The molecule has 0 saturated carbocycles. The number of amides is 1. The first-order chi connectivity index (χ1) is 17.2. The molecule has 0 aliphatic heterocycles. The number of nitrogens with zero attached hydrogens (tertiary/aromatic N) is 1. The molecular weight excluding hydrogens is 464 g/mol. The highest BCUT2D eigenvalue weighted by Crippen LogP contribution is 2.27. The molecular formula is C27H26N2O7. The lowest BCUT2D eigenvalue weighted by molar-refractivity contribution is -0.121. The highest BCUT2D eigenvalue weighted by atomic mass is 16.5. The summed E-state index contributed by atoms with van der Waals surface area (Å²) in [5.41, 5.74) is 6.71. The molecule has 0 radical (unpaired) electrons. The van der Waals surface area contributed by atoms with Gasteiger partial charge >= 0.3 is 0 Å². The zero-order valence-electron chi connectivity index (χ0n) is 19.8. The molecule has 0 atom stereocenters. The predicted octanol–water partition coefficient (Wildman–Crippen LogP) is 3.55. The molecule has 36 heavy (non-hydrogen) atoms. The third kappa shape index (κ3) is 8.79. The van der Waals surface area contributed by atoms with Gasteiger partial charge in [0.15, 0.2) is 34.6 Å². The minimum absolute atomic E-state index is 0.00662. The molecule has 4 N–H and O–H groups in total. The molecule has 1 heterocycles. The van der Waals surface area contributed by atoms with Gasteiger partial charge in [0.25, 0.3) is 0 Å². The molecule has 0 aliphatic carbocycles. The second-order valence-electron chi connectivity index (χ2n) is 7.24. The van der Waals surface area contributed by atoms with Gasteiger partial charge in [0.2, 0.25) is 5.91 Å². The first kappa shape index (κ1) is 27.3. The Morgan fingerprint density at radius 3 is 1.72 bits per heavy atom. The van der Waals surface area contributed by atoms with E-state index in [4.69, 9.17) is 15.2 Å². The van der Waals surface area contributed by atoms with E-state index < -0.39 is 5.91 Å². The molecule has 3 rings (SSSR count). The van der Waals surface area contributed by atoms with Crippen LogP contribution in [0.4, 0.5) is 0 Å². The van der Waals surface area contributed by atoms with Gasteiger partial charge in [0.1, 0.15) is 0 Å². The van der Waals surface area contributed by atoms with E-state index in [9.17, 15) is 24.6 Å². The minimum atomic E-state index is -0.442. The average Bonchev–Trinajstić information content (AvgIpc) is 2.88. The maximum Gasteiger partial charge on any atom is 0.250 e. The topological polar surface area (TPSA) is 149 Å². The monoisotopic (exact) mass is 490 g/mol. The number of methoxy groups -OCH3 is 2. The van der Waals surface area contributed by atoms with E-state index in [2.05, 4.69) is 4.98 Å². The molecule has 9 heteroatoms. The second-order valence-corrected chi connectivity index (χ2v) is 7.24. The van der Waals surface area contributed by atoms with Gasteiger partial charge < -0.3 is 25.4 Å². The molecule has 0 saturated heterocycles. The number of ether oxygens (including phenoxy) is 2.